The summed E-state index contributed by atoms with van der Waals surface area (Å²) in [7, 11) is 0. The number of nitrogens with one attached hydrogen (secondary N) is 1. The smallest absolute Gasteiger partial charge is 0.291 e. The Morgan fingerprint density at radius 2 is 2.00 bits per heavy atom. The Bertz CT molecular complexity index is 303. The van der Waals surface area contributed by atoms with Gasteiger partial charge in [0.25, 0.3) is 0 Å². The van der Waals surface area contributed by atoms with Crippen molar-refractivity contribution in [2.24, 2.45) is 11.3 Å². The summed E-state index contributed by atoms with van der Waals surface area (Å²) in [6, 6.07) is 2.04. The van der Waals surface area contributed by atoms with Crippen molar-refractivity contribution in [3.05, 3.63) is 0 Å². The Labute approximate surface area is 93.8 Å². The van der Waals surface area contributed by atoms with Gasteiger partial charge in [0.1, 0.15) is 5.54 Å². The van der Waals surface area contributed by atoms with Gasteiger partial charge in [0, 0.05) is 0 Å². The van der Waals surface area contributed by atoms with Crippen molar-refractivity contribution < 1.29 is 13.2 Å². The number of hydrogen-bond donors (Lipinski definition) is 1. The summed E-state index contributed by atoms with van der Waals surface area (Å²) < 4.78 is 36.5. The molecule has 1 aliphatic carbocycles. The molecule has 0 saturated heterocycles. The highest BCUT2D eigenvalue weighted by atomic mass is 19.4. The number of nitriles is 1. The van der Waals surface area contributed by atoms with Gasteiger partial charge in [0.2, 0.25) is 0 Å². The van der Waals surface area contributed by atoms with Crippen LogP contribution in [0.3, 0.4) is 0 Å². The standard InChI is InChI=1S/C11H17F3N2/c1-8-4-9(2,3)5-10(8,6-15)16-7-11(12,13)14/h8,16H,4-5,7H2,1-3H3. The average Bonchev–Trinajstić information content (AvgIpc) is 2.32. The predicted octanol–water partition coefficient (Wildman–Crippen LogP) is 2.86. The normalized spacial score (nSPS) is 33.7. The van der Waals surface area contributed by atoms with Crippen LogP contribution in [-0.4, -0.2) is 18.3 Å². The van der Waals surface area contributed by atoms with Gasteiger partial charge < -0.3 is 0 Å². The third-order valence-electron chi connectivity index (χ3n) is 3.26. The van der Waals surface area contributed by atoms with Gasteiger partial charge >= 0.3 is 6.18 Å². The van der Waals surface area contributed by atoms with E-state index in [0.29, 0.717) is 6.42 Å². The number of nitrogens with zero attached hydrogens (tertiary/aromatic N) is 1. The fourth-order valence-electron chi connectivity index (χ4n) is 2.69. The van der Waals surface area contributed by atoms with Crippen LogP contribution in [-0.2, 0) is 0 Å². The van der Waals surface area contributed by atoms with Crippen molar-refractivity contribution in [3.8, 4) is 6.07 Å². The van der Waals surface area contributed by atoms with Crippen molar-refractivity contribution in [2.45, 2.75) is 45.3 Å². The molecule has 2 unspecified atom stereocenters. The Kier molecular flexibility index (Phi) is 3.26. The molecule has 1 N–H and O–H groups in total. The van der Waals surface area contributed by atoms with E-state index in [1.54, 1.807) is 0 Å². The molecule has 2 atom stereocenters. The summed E-state index contributed by atoms with van der Waals surface area (Å²) >= 11 is 0. The average molecular weight is 234 g/mol. The monoisotopic (exact) mass is 234 g/mol. The van der Waals surface area contributed by atoms with Crippen LogP contribution in [0.1, 0.15) is 33.6 Å². The van der Waals surface area contributed by atoms with Crippen molar-refractivity contribution in [3.63, 3.8) is 0 Å². The van der Waals surface area contributed by atoms with Gasteiger partial charge in [-0.25, -0.2) is 0 Å². The first-order chi connectivity index (χ1) is 7.10. The second kappa shape index (κ2) is 3.92. The Hall–Kier alpha value is -0.760. The van der Waals surface area contributed by atoms with Gasteiger partial charge in [-0.15, -0.1) is 0 Å². The summed E-state index contributed by atoms with van der Waals surface area (Å²) in [4.78, 5) is 0. The van der Waals surface area contributed by atoms with Gasteiger partial charge in [-0.1, -0.05) is 20.8 Å². The van der Waals surface area contributed by atoms with Gasteiger partial charge in [-0.05, 0) is 24.2 Å². The van der Waals surface area contributed by atoms with E-state index in [9.17, 15) is 13.2 Å². The Morgan fingerprint density at radius 1 is 1.44 bits per heavy atom. The zero-order chi connectivity index (χ0) is 12.6. The van der Waals surface area contributed by atoms with Crippen LogP contribution in [0.25, 0.3) is 0 Å². The zero-order valence-corrected chi connectivity index (χ0v) is 9.78. The Morgan fingerprint density at radius 3 is 2.31 bits per heavy atom. The Balaban J connectivity index is 2.77. The molecule has 5 heteroatoms. The number of alkyl halides is 3. The number of rotatable bonds is 2. The number of hydrogen-bond acceptors (Lipinski definition) is 2. The van der Waals surface area contributed by atoms with Crippen LogP contribution >= 0.6 is 0 Å². The fourth-order valence-corrected chi connectivity index (χ4v) is 2.69. The molecule has 0 aromatic rings. The SMILES string of the molecule is CC1CC(C)(C)CC1(C#N)NCC(F)(F)F. The molecule has 1 rings (SSSR count). The van der Waals surface area contributed by atoms with E-state index in [1.165, 1.54) is 0 Å². The van der Waals surface area contributed by atoms with Gasteiger partial charge in [-0.2, -0.15) is 18.4 Å². The minimum atomic E-state index is -4.27. The first-order valence-electron chi connectivity index (χ1n) is 5.33. The third kappa shape index (κ3) is 2.88. The van der Waals surface area contributed by atoms with Crippen molar-refractivity contribution in [1.29, 1.82) is 5.26 Å². The van der Waals surface area contributed by atoms with Crippen LogP contribution in [0, 0.1) is 22.7 Å². The molecule has 1 fully saturated rings. The summed E-state index contributed by atoms with van der Waals surface area (Å²) in [5.41, 5.74) is -1.10. The lowest BCUT2D eigenvalue weighted by Gasteiger charge is -2.28. The lowest BCUT2D eigenvalue weighted by atomic mass is 9.87. The van der Waals surface area contributed by atoms with E-state index in [-0.39, 0.29) is 11.3 Å². The van der Waals surface area contributed by atoms with Crippen LogP contribution in [0.4, 0.5) is 13.2 Å². The van der Waals surface area contributed by atoms with E-state index in [4.69, 9.17) is 5.26 Å². The molecule has 1 saturated carbocycles. The molecule has 0 aromatic heterocycles. The van der Waals surface area contributed by atoms with E-state index in [0.717, 1.165) is 6.42 Å². The minimum Gasteiger partial charge on any atom is -0.291 e. The highest BCUT2D eigenvalue weighted by Gasteiger charge is 2.50. The first kappa shape index (κ1) is 13.3. The maximum atomic E-state index is 12.2. The summed E-state index contributed by atoms with van der Waals surface area (Å²) in [6.07, 6.45) is -3.03. The highest BCUT2D eigenvalue weighted by Crippen LogP contribution is 2.47. The molecule has 0 spiro atoms. The largest absolute Gasteiger partial charge is 0.401 e. The summed E-state index contributed by atoms with van der Waals surface area (Å²) in [5.74, 6) is -0.0603. The quantitative estimate of drug-likeness (QED) is 0.797. The van der Waals surface area contributed by atoms with Gasteiger partial charge in [0.05, 0.1) is 12.6 Å². The van der Waals surface area contributed by atoms with E-state index >= 15 is 0 Å². The molecular weight excluding hydrogens is 217 g/mol. The third-order valence-corrected chi connectivity index (χ3v) is 3.26. The highest BCUT2D eigenvalue weighted by molar-refractivity contribution is 5.16. The van der Waals surface area contributed by atoms with Crippen molar-refractivity contribution in [1.82, 2.24) is 5.32 Å². The second-order valence-corrected chi connectivity index (χ2v) is 5.50. The van der Waals surface area contributed by atoms with Crippen LogP contribution in [0.2, 0.25) is 0 Å². The van der Waals surface area contributed by atoms with Crippen molar-refractivity contribution >= 4 is 0 Å². The van der Waals surface area contributed by atoms with E-state index in [2.05, 4.69) is 5.32 Å². The molecule has 0 bridgehead atoms. The molecular formula is C11H17F3N2. The first-order valence-corrected chi connectivity index (χ1v) is 5.33. The topological polar surface area (TPSA) is 35.8 Å². The molecule has 0 amide bonds. The number of halogens is 3. The molecule has 0 aliphatic heterocycles. The van der Waals surface area contributed by atoms with Crippen LogP contribution in [0.5, 0.6) is 0 Å². The maximum Gasteiger partial charge on any atom is 0.401 e. The molecule has 1 aliphatic rings. The summed E-state index contributed by atoms with van der Waals surface area (Å²) in [6.45, 7) is 4.71. The molecule has 0 radical (unpaired) electrons. The molecule has 2 nitrogen and oxygen atoms in total. The lowest BCUT2D eigenvalue weighted by Crippen LogP contribution is -2.50. The molecule has 16 heavy (non-hydrogen) atoms. The maximum absolute atomic E-state index is 12.2. The van der Waals surface area contributed by atoms with Crippen LogP contribution in [0.15, 0.2) is 0 Å². The van der Waals surface area contributed by atoms with Crippen LogP contribution < -0.4 is 5.32 Å². The fraction of sp³-hybridized carbons (Fsp3) is 0.909. The molecule has 92 valence electrons. The minimum absolute atomic E-state index is 0.0603. The molecule has 0 aromatic carbocycles. The van der Waals surface area contributed by atoms with Gasteiger partial charge in [-0.3, -0.25) is 5.32 Å². The predicted molar refractivity (Wildman–Crippen MR) is 54.6 cm³/mol. The lowest BCUT2D eigenvalue weighted by molar-refractivity contribution is -0.128. The van der Waals surface area contributed by atoms with Gasteiger partial charge in [0.15, 0.2) is 0 Å². The van der Waals surface area contributed by atoms with Crippen molar-refractivity contribution in [2.75, 3.05) is 6.54 Å². The van der Waals surface area contributed by atoms with E-state index < -0.39 is 18.3 Å². The summed E-state index contributed by atoms with van der Waals surface area (Å²) in [5, 5.41) is 11.5. The zero-order valence-electron chi connectivity index (χ0n) is 9.78. The molecule has 0 heterocycles. The van der Waals surface area contributed by atoms with E-state index in [1.807, 2.05) is 26.8 Å². The second-order valence-electron chi connectivity index (χ2n) is 5.50.